The van der Waals surface area contributed by atoms with Crippen molar-refractivity contribution < 1.29 is 20.4 Å². The number of aliphatic imine (C=N–C) groups is 4. The minimum Gasteiger partial charge on any atom is -0.249 e. The van der Waals surface area contributed by atoms with E-state index in [2.05, 4.69) is 80.9 Å². The number of hydrogen-bond donors (Lipinski definition) is 0. The predicted molar refractivity (Wildman–Crippen MR) is 155 cm³/mol. The summed E-state index contributed by atoms with van der Waals surface area (Å²) >= 11 is 14.7. The number of benzene rings is 1. The molecule has 0 amide bonds. The van der Waals surface area contributed by atoms with Crippen molar-refractivity contribution in [3.63, 3.8) is 0 Å². The van der Waals surface area contributed by atoms with Crippen molar-refractivity contribution in [1.29, 1.82) is 0 Å². The average molecular weight is 806 g/mol. The number of allylic oxidation sites excluding steroid dienone is 12. The van der Waals surface area contributed by atoms with Crippen LogP contribution in [-0.2, 0) is 20.4 Å². The van der Waals surface area contributed by atoms with Crippen LogP contribution in [0.4, 0.5) is 0 Å². The van der Waals surface area contributed by atoms with Crippen LogP contribution in [0.25, 0.3) is 5.57 Å². The second kappa shape index (κ2) is 10.0. The van der Waals surface area contributed by atoms with E-state index in [0.717, 1.165) is 74.7 Å². The molecule has 5 aliphatic heterocycles. The van der Waals surface area contributed by atoms with Gasteiger partial charge in [0.05, 0.1) is 45.6 Å². The van der Waals surface area contributed by atoms with E-state index in [0.29, 0.717) is 0 Å². The Labute approximate surface area is 249 Å². The van der Waals surface area contributed by atoms with Crippen LogP contribution in [0.2, 0.25) is 0 Å². The number of rotatable bonds is 1. The Kier molecular flexibility index (Phi) is 7.19. The van der Waals surface area contributed by atoms with Crippen molar-refractivity contribution in [3.8, 4) is 0 Å². The SMILES string of the molecule is Brc1cc(C2=CC3=CC4=NC(=CC5=NC(=CC6=NC(=CC2=N3)C=C6)C=C5)C=C4)c(Br)c(Br)c1Br.[Pd]. The Morgan fingerprint density at radius 1 is 0.486 bits per heavy atom. The second-order valence-corrected chi connectivity index (χ2v) is 11.0. The topological polar surface area (TPSA) is 49.4 Å². The normalized spacial score (nSPS) is 19.3. The van der Waals surface area contributed by atoms with Crippen LogP contribution in [0.5, 0.6) is 0 Å². The van der Waals surface area contributed by atoms with E-state index in [1.54, 1.807) is 0 Å². The summed E-state index contributed by atoms with van der Waals surface area (Å²) in [6, 6.07) is 2.07. The van der Waals surface area contributed by atoms with E-state index in [1.165, 1.54) is 0 Å². The maximum atomic E-state index is 4.93. The average Bonchev–Trinajstić information content (AvgIpc) is 3.60. The first-order chi connectivity index (χ1) is 16.4. The van der Waals surface area contributed by atoms with E-state index < -0.39 is 0 Å². The van der Waals surface area contributed by atoms with E-state index in [9.17, 15) is 0 Å². The first-order valence-electron chi connectivity index (χ1n) is 10.2. The molecule has 0 fully saturated rings. The molecule has 35 heavy (non-hydrogen) atoms. The summed E-state index contributed by atoms with van der Waals surface area (Å²) in [4.78, 5) is 19.1. The van der Waals surface area contributed by atoms with Gasteiger partial charge in [-0.05, 0) is 137 Å². The van der Waals surface area contributed by atoms with Gasteiger partial charge < -0.3 is 0 Å². The summed E-state index contributed by atoms with van der Waals surface area (Å²) < 4.78 is 3.75. The molecule has 0 radical (unpaired) electrons. The van der Waals surface area contributed by atoms with E-state index >= 15 is 0 Å². The van der Waals surface area contributed by atoms with Gasteiger partial charge >= 0.3 is 0 Å². The Morgan fingerprint density at radius 2 is 1.00 bits per heavy atom. The second-order valence-electron chi connectivity index (χ2n) is 7.79. The summed E-state index contributed by atoms with van der Waals surface area (Å²) in [7, 11) is 0. The monoisotopic (exact) mass is 802 g/mol. The molecule has 0 unspecified atom stereocenters. The minimum atomic E-state index is 0. The van der Waals surface area contributed by atoms with E-state index in [4.69, 9.17) is 15.0 Å². The number of fused-ring (bicyclic) bond motifs is 4. The molecule has 0 saturated carbocycles. The molecule has 4 nitrogen and oxygen atoms in total. The van der Waals surface area contributed by atoms with Gasteiger partial charge in [0.1, 0.15) is 0 Å². The van der Waals surface area contributed by atoms with Gasteiger partial charge in [-0.25, -0.2) is 20.0 Å². The quantitative estimate of drug-likeness (QED) is 0.157. The zero-order chi connectivity index (χ0) is 23.4. The largest absolute Gasteiger partial charge is 0.249 e. The van der Waals surface area contributed by atoms with Crippen molar-refractivity contribution in [2.75, 3.05) is 0 Å². The Morgan fingerprint density at radius 3 is 1.57 bits per heavy atom. The molecule has 6 rings (SSSR count). The zero-order valence-corrected chi connectivity index (χ0v) is 25.4. The van der Waals surface area contributed by atoms with Gasteiger partial charge in [-0.3, -0.25) is 0 Å². The molecule has 174 valence electrons. The van der Waals surface area contributed by atoms with Crippen molar-refractivity contribution >= 4 is 92.1 Å². The van der Waals surface area contributed by atoms with Crippen LogP contribution < -0.4 is 0 Å². The predicted octanol–water partition coefficient (Wildman–Crippen LogP) is 8.15. The van der Waals surface area contributed by atoms with Crippen LogP contribution in [0.3, 0.4) is 0 Å². The first kappa shape index (κ1) is 25.1. The third-order valence-electron chi connectivity index (χ3n) is 5.43. The van der Waals surface area contributed by atoms with Gasteiger partial charge in [0.2, 0.25) is 0 Å². The number of hydrogen-bond acceptors (Lipinski definition) is 4. The molecule has 5 aliphatic rings. The van der Waals surface area contributed by atoms with Crippen molar-refractivity contribution in [2.24, 2.45) is 20.0 Å². The Hall–Kier alpha value is -1.60. The van der Waals surface area contributed by atoms with Crippen LogP contribution in [-0.4, -0.2) is 22.8 Å². The summed E-state index contributed by atoms with van der Waals surface area (Å²) in [5.74, 6) is 0. The molecule has 9 heteroatoms. The summed E-state index contributed by atoms with van der Waals surface area (Å²) in [5.41, 5.74) is 8.79. The fraction of sp³-hybridized carbons (Fsp3) is 0. The van der Waals surface area contributed by atoms with Crippen LogP contribution in [0.1, 0.15) is 5.56 Å². The maximum absolute atomic E-state index is 4.93. The van der Waals surface area contributed by atoms with Crippen molar-refractivity contribution in [2.45, 2.75) is 0 Å². The zero-order valence-electron chi connectivity index (χ0n) is 17.5. The minimum absolute atomic E-state index is 0. The molecule has 5 heterocycles. The van der Waals surface area contributed by atoms with Crippen LogP contribution >= 0.6 is 63.7 Å². The van der Waals surface area contributed by atoms with Crippen LogP contribution in [0.15, 0.2) is 134 Å². The van der Waals surface area contributed by atoms with Gasteiger partial charge in [-0.15, -0.1) is 0 Å². The Balaban J connectivity index is 0.00000253. The maximum Gasteiger partial charge on any atom is 0.0737 e. The van der Waals surface area contributed by atoms with Gasteiger partial charge in [-0.2, -0.15) is 0 Å². The van der Waals surface area contributed by atoms with E-state index in [1.807, 2.05) is 60.8 Å². The fourth-order valence-corrected chi connectivity index (χ4v) is 6.11. The van der Waals surface area contributed by atoms with E-state index in [-0.39, 0.29) is 20.4 Å². The van der Waals surface area contributed by atoms with Gasteiger partial charge in [0, 0.05) is 49.5 Å². The summed E-state index contributed by atoms with van der Waals surface area (Å²) in [6.07, 6.45) is 22.0. The molecule has 0 atom stereocenters. The molecule has 8 bridgehead atoms. The summed E-state index contributed by atoms with van der Waals surface area (Å²) in [5, 5.41) is 0. The molecular weight excluding hydrogens is 794 g/mol. The standard InChI is InChI=1S/C26H12Br4N4.Pd/c27-22-12-21(24(28)26(30)25(22)29)20-10-19-9-17-4-3-15(32-17)7-13-1-2-14(31-13)8-16-5-6-18(33-16)11-23(20)34-19;/h1-12H;. The van der Waals surface area contributed by atoms with Crippen LogP contribution in [0, 0.1) is 0 Å². The third-order valence-corrected chi connectivity index (χ3v) is 10.1. The van der Waals surface area contributed by atoms with Gasteiger partial charge in [0.15, 0.2) is 0 Å². The molecule has 0 aliphatic carbocycles. The van der Waals surface area contributed by atoms with Gasteiger partial charge in [-0.1, -0.05) is 0 Å². The Bertz CT molecular complexity index is 1570. The fourth-order valence-electron chi connectivity index (χ4n) is 3.88. The molecule has 1 aromatic rings. The van der Waals surface area contributed by atoms with Crippen molar-refractivity contribution in [1.82, 2.24) is 0 Å². The molecule has 0 aromatic heterocycles. The molecular formula is C26H12Br4N4Pd. The molecule has 0 spiro atoms. The molecule has 0 N–H and O–H groups in total. The van der Waals surface area contributed by atoms with Crippen molar-refractivity contribution in [3.05, 3.63) is 119 Å². The van der Waals surface area contributed by atoms with Gasteiger partial charge in [0.25, 0.3) is 0 Å². The smallest absolute Gasteiger partial charge is 0.0737 e. The summed E-state index contributed by atoms with van der Waals surface area (Å²) in [6.45, 7) is 0. The number of halogens is 4. The molecule has 0 saturated heterocycles. The first-order valence-corrected chi connectivity index (χ1v) is 13.4. The molecule has 1 aromatic carbocycles. The third kappa shape index (κ3) is 5.00. The number of nitrogens with zero attached hydrogens (tertiary/aromatic N) is 4.